The fourth-order valence-corrected chi connectivity index (χ4v) is 3.85. The summed E-state index contributed by atoms with van der Waals surface area (Å²) in [5.74, 6) is 0.889. The van der Waals surface area contributed by atoms with E-state index in [2.05, 4.69) is 4.90 Å². The van der Waals surface area contributed by atoms with Crippen molar-refractivity contribution in [2.75, 3.05) is 6.54 Å². The third-order valence-corrected chi connectivity index (χ3v) is 4.91. The summed E-state index contributed by atoms with van der Waals surface area (Å²) >= 11 is 0. The second-order valence-corrected chi connectivity index (χ2v) is 6.23. The highest BCUT2D eigenvalue weighted by Gasteiger charge is 2.39. The van der Waals surface area contributed by atoms with Crippen LogP contribution < -0.4 is 5.73 Å². The van der Waals surface area contributed by atoms with E-state index in [1.807, 2.05) is 30.3 Å². The summed E-state index contributed by atoms with van der Waals surface area (Å²) < 4.78 is 0. The van der Waals surface area contributed by atoms with Crippen molar-refractivity contribution in [2.24, 2.45) is 11.7 Å². The van der Waals surface area contributed by atoms with Crippen molar-refractivity contribution in [3.63, 3.8) is 0 Å². The van der Waals surface area contributed by atoms with Crippen molar-refractivity contribution in [2.45, 2.75) is 50.6 Å². The molecule has 0 bridgehead atoms. The third-order valence-electron chi connectivity index (χ3n) is 4.91. The first-order valence-corrected chi connectivity index (χ1v) is 7.85. The summed E-state index contributed by atoms with van der Waals surface area (Å²) in [6, 6.07) is 10.2. The highest BCUT2D eigenvalue weighted by Crippen LogP contribution is 2.36. The van der Waals surface area contributed by atoms with Crippen molar-refractivity contribution in [1.29, 1.82) is 0 Å². The SMILES string of the molecule is N[C@@H](Cc1ccccc1)C(=O)N1CCC2CCCCC21. The molecular weight excluding hydrogens is 248 g/mol. The minimum Gasteiger partial charge on any atom is -0.338 e. The summed E-state index contributed by atoms with van der Waals surface area (Å²) in [6.07, 6.45) is 6.89. The molecule has 20 heavy (non-hydrogen) atoms. The van der Waals surface area contributed by atoms with Gasteiger partial charge in [0, 0.05) is 12.6 Å². The van der Waals surface area contributed by atoms with Crippen molar-refractivity contribution in [3.05, 3.63) is 35.9 Å². The Bertz CT molecular complexity index is 459. The van der Waals surface area contributed by atoms with Crippen molar-refractivity contribution < 1.29 is 4.79 Å². The molecule has 1 aliphatic heterocycles. The third kappa shape index (κ3) is 2.73. The average molecular weight is 272 g/mol. The maximum Gasteiger partial charge on any atom is 0.240 e. The molecule has 1 aliphatic carbocycles. The van der Waals surface area contributed by atoms with E-state index in [9.17, 15) is 4.79 Å². The molecule has 2 fully saturated rings. The second kappa shape index (κ2) is 5.96. The van der Waals surface area contributed by atoms with Gasteiger partial charge in [-0.05, 0) is 37.2 Å². The van der Waals surface area contributed by atoms with Gasteiger partial charge in [-0.3, -0.25) is 4.79 Å². The van der Waals surface area contributed by atoms with E-state index in [4.69, 9.17) is 5.73 Å². The van der Waals surface area contributed by atoms with Crippen molar-refractivity contribution in [3.8, 4) is 0 Å². The topological polar surface area (TPSA) is 46.3 Å². The van der Waals surface area contributed by atoms with E-state index in [-0.39, 0.29) is 5.91 Å². The lowest BCUT2D eigenvalue weighted by Gasteiger charge is -2.33. The Morgan fingerprint density at radius 1 is 1.20 bits per heavy atom. The molecule has 2 unspecified atom stereocenters. The van der Waals surface area contributed by atoms with Crippen LogP contribution in [0.25, 0.3) is 0 Å². The van der Waals surface area contributed by atoms with Gasteiger partial charge in [-0.2, -0.15) is 0 Å². The molecule has 1 saturated heterocycles. The lowest BCUT2D eigenvalue weighted by atomic mass is 9.85. The van der Waals surface area contributed by atoms with Gasteiger partial charge < -0.3 is 10.6 Å². The zero-order chi connectivity index (χ0) is 13.9. The number of hydrogen-bond donors (Lipinski definition) is 1. The summed E-state index contributed by atoms with van der Waals surface area (Å²) in [5.41, 5.74) is 7.31. The highest BCUT2D eigenvalue weighted by atomic mass is 16.2. The van der Waals surface area contributed by atoms with Gasteiger partial charge in [0.1, 0.15) is 0 Å². The standard InChI is InChI=1S/C17H24N2O/c18-15(12-13-6-2-1-3-7-13)17(20)19-11-10-14-8-4-5-9-16(14)19/h1-3,6-7,14-16H,4-5,8-12,18H2/t14?,15-,16?/m0/s1. The molecule has 0 radical (unpaired) electrons. The van der Waals surface area contributed by atoms with E-state index in [1.54, 1.807) is 0 Å². The summed E-state index contributed by atoms with van der Waals surface area (Å²) in [7, 11) is 0. The van der Waals surface area contributed by atoms with Crippen LogP contribution in [0.3, 0.4) is 0 Å². The number of nitrogens with zero attached hydrogens (tertiary/aromatic N) is 1. The molecule has 1 heterocycles. The van der Waals surface area contributed by atoms with Crippen molar-refractivity contribution in [1.82, 2.24) is 4.90 Å². The molecule has 3 rings (SSSR count). The summed E-state index contributed by atoms with van der Waals surface area (Å²) in [5, 5.41) is 0. The lowest BCUT2D eigenvalue weighted by molar-refractivity contribution is -0.134. The molecule has 108 valence electrons. The fourth-order valence-electron chi connectivity index (χ4n) is 3.85. The number of likely N-dealkylation sites (tertiary alicyclic amines) is 1. The van der Waals surface area contributed by atoms with Gasteiger partial charge in [0.15, 0.2) is 0 Å². The van der Waals surface area contributed by atoms with E-state index in [0.29, 0.717) is 12.5 Å². The van der Waals surface area contributed by atoms with Crippen LogP contribution in [-0.2, 0) is 11.2 Å². The van der Waals surface area contributed by atoms with Crippen LogP contribution in [-0.4, -0.2) is 29.4 Å². The zero-order valence-corrected chi connectivity index (χ0v) is 12.0. The lowest BCUT2D eigenvalue weighted by Crippen LogP contribution is -2.48. The first kappa shape index (κ1) is 13.6. The molecule has 1 saturated carbocycles. The summed E-state index contributed by atoms with van der Waals surface area (Å²) in [4.78, 5) is 14.7. The van der Waals surface area contributed by atoms with Crippen LogP contribution in [0.1, 0.15) is 37.7 Å². The minimum atomic E-state index is -0.391. The Labute approximate surface area is 121 Å². The number of rotatable bonds is 3. The fraction of sp³-hybridized carbons (Fsp3) is 0.588. The second-order valence-electron chi connectivity index (χ2n) is 6.23. The predicted molar refractivity (Wildman–Crippen MR) is 80.2 cm³/mol. The Balaban J connectivity index is 1.63. The van der Waals surface area contributed by atoms with Gasteiger partial charge in [-0.15, -0.1) is 0 Å². The first-order chi connectivity index (χ1) is 9.75. The zero-order valence-electron chi connectivity index (χ0n) is 12.0. The summed E-state index contributed by atoms with van der Waals surface area (Å²) in [6.45, 7) is 0.913. The Hall–Kier alpha value is -1.35. The van der Waals surface area contributed by atoms with E-state index in [1.165, 1.54) is 32.1 Å². The number of benzene rings is 1. The number of hydrogen-bond acceptors (Lipinski definition) is 2. The Morgan fingerprint density at radius 3 is 2.75 bits per heavy atom. The average Bonchev–Trinajstić information content (AvgIpc) is 2.91. The molecule has 2 aliphatic rings. The van der Waals surface area contributed by atoms with Crippen molar-refractivity contribution >= 4 is 5.91 Å². The van der Waals surface area contributed by atoms with Gasteiger partial charge in [0.25, 0.3) is 0 Å². The number of amides is 1. The quantitative estimate of drug-likeness (QED) is 0.918. The smallest absolute Gasteiger partial charge is 0.240 e. The molecule has 0 aromatic heterocycles. The first-order valence-electron chi connectivity index (χ1n) is 7.85. The van der Waals surface area contributed by atoms with Gasteiger partial charge in [0.2, 0.25) is 5.91 Å². The van der Waals surface area contributed by atoms with Gasteiger partial charge in [-0.25, -0.2) is 0 Å². The maximum atomic E-state index is 12.6. The van der Waals surface area contributed by atoms with Crippen LogP contribution in [0, 0.1) is 5.92 Å². The van der Waals surface area contributed by atoms with Gasteiger partial charge in [-0.1, -0.05) is 43.2 Å². The number of carbonyl (C=O) groups excluding carboxylic acids is 1. The Morgan fingerprint density at radius 2 is 1.95 bits per heavy atom. The molecular formula is C17H24N2O. The number of nitrogens with two attached hydrogens (primary N) is 1. The van der Waals surface area contributed by atoms with Gasteiger partial charge in [0.05, 0.1) is 6.04 Å². The molecule has 3 atom stereocenters. The number of carbonyl (C=O) groups is 1. The van der Waals surface area contributed by atoms with Gasteiger partial charge >= 0.3 is 0 Å². The van der Waals surface area contributed by atoms with E-state index in [0.717, 1.165) is 18.0 Å². The molecule has 0 spiro atoms. The largest absolute Gasteiger partial charge is 0.338 e. The van der Waals surface area contributed by atoms with Crippen LogP contribution in [0.15, 0.2) is 30.3 Å². The monoisotopic (exact) mass is 272 g/mol. The van der Waals surface area contributed by atoms with E-state index < -0.39 is 6.04 Å². The minimum absolute atomic E-state index is 0.156. The van der Waals surface area contributed by atoms with Crippen LogP contribution >= 0.6 is 0 Å². The molecule has 3 nitrogen and oxygen atoms in total. The molecule has 2 N–H and O–H groups in total. The molecule has 1 aromatic rings. The number of fused-ring (bicyclic) bond motifs is 1. The maximum absolute atomic E-state index is 12.6. The van der Waals surface area contributed by atoms with Crippen LogP contribution in [0.4, 0.5) is 0 Å². The predicted octanol–water partition coefficient (Wildman–Crippen LogP) is 2.35. The Kier molecular flexibility index (Phi) is 4.06. The molecule has 1 amide bonds. The highest BCUT2D eigenvalue weighted by molar-refractivity contribution is 5.82. The van der Waals surface area contributed by atoms with Crippen LogP contribution in [0.2, 0.25) is 0 Å². The van der Waals surface area contributed by atoms with Crippen LogP contribution in [0.5, 0.6) is 0 Å². The normalized spacial score (nSPS) is 27.1. The molecule has 1 aromatic carbocycles. The van der Waals surface area contributed by atoms with E-state index >= 15 is 0 Å². The molecule has 3 heteroatoms.